The summed E-state index contributed by atoms with van der Waals surface area (Å²) in [4.78, 5) is 37.1. The molecule has 1 atom stereocenters. The maximum Gasteiger partial charge on any atom is 0.267 e. The molecule has 0 saturated carbocycles. The third kappa shape index (κ3) is 5.26. The van der Waals surface area contributed by atoms with Gasteiger partial charge in [0.15, 0.2) is 0 Å². The van der Waals surface area contributed by atoms with Crippen LogP contribution in [0, 0.1) is 18.7 Å². The second-order valence-corrected chi connectivity index (χ2v) is 7.85. The molecule has 0 aliphatic carbocycles. The molecule has 32 heavy (non-hydrogen) atoms. The molecule has 0 spiro atoms. The van der Waals surface area contributed by atoms with Crippen LogP contribution in [0.25, 0.3) is 11.3 Å². The van der Waals surface area contributed by atoms with Crippen LogP contribution in [0.15, 0.2) is 59.4 Å². The molecule has 0 saturated heterocycles. The molecule has 0 fully saturated rings. The topological polar surface area (TPSA) is 93.1 Å². The number of anilines is 2. The Bertz CT molecular complexity index is 1200. The Hall–Kier alpha value is -3.81. The number of hydrogen-bond acceptors (Lipinski definition) is 4. The lowest BCUT2D eigenvalue weighted by Crippen LogP contribution is -2.33. The van der Waals surface area contributed by atoms with Gasteiger partial charge in [-0.05, 0) is 55.8 Å². The number of rotatable bonds is 6. The van der Waals surface area contributed by atoms with E-state index in [1.54, 1.807) is 19.1 Å². The van der Waals surface area contributed by atoms with Gasteiger partial charge in [0, 0.05) is 28.9 Å². The van der Waals surface area contributed by atoms with Crippen LogP contribution in [-0.4, -0.2) is 21.6 Å². The van der Waals surface area contributed by atoms with E-state index in [1.165, 1.54) is 30.3 Å². The lowest BCUT2D eigenvalue weighted by molar-refractivity contribution is -0.119. The number of nitrogens with one attached hydrogen (secondary N) is 2. The third-order valence-electron chi connectivity index (χ3n) is 5.00. The maximum absolute atomic E-state index is 13.1. The van der Waals surface area contributed by atoms with Crippen molar-refractivity contribution >= 4 is 23.2 Å². The number of hydrogen-bond donors (Lipinski definition) is 2. The zero-order chi connectivity index (χ0) is 23.4. The molecule has 2 aromatic carbocycles. The van der Waals surface area contributed by atoms with Crippen molar-refractivity contribution in [3.8, 4) is 11.3 Å². The van der Waals surface area contributed by atoms with Crippen LogP contribution < -0.4 is 16.2 Å². The lowest BCUT2D eigenvalue weighted by atomic mass is 10.1. The Balaban J connectivity index is 1.88. The minimum Gasteiger partial charge on any atom is -0.326 e. The van der Waals surface area contributed by atoms with Crippen molar-refractivity contribution in [1.29, 1.82) is 0 Å². The number of benzene rings is 2. The van der Waals surface area contributed by atoms with Crippen molar-refractivity contribution in [2.75, 3.05) is 10.6 Å². The second kappa shape index (κ2) is 9.55. The molecule has 0 unspecified atom stereocenters. The van der Waals surface area contributed by atoms with Crippen molar-refractivity contribution in [1.82, 2.24) is 9.78 Å². The standard InChI is InChI=1S/C24H25FN4O3/c1-14(2)23(31)27-21-13-17(6-5-15(21)3)20-11-12-22(30)29(28-20)16(4)24(32)26-19-9-7-18(25)8-10-19/h5-14,16H,1-4H3,(H,26,32)(H,27,31)/t16-/m0/s1. The summed E-state index contributed by atoms with van der Waals surface area (Å²) in [5.41, 5.74) is 2.69. The summed E-state index contributed by atoms with van der Waals surface area (Å²) in [6.45, 7) is 7.06. The SMILES string of the molecule is Cc1ccc(-c2ccc(=O)n([C@@H](C)C(=O)Nc3ccc(F)cc3)n2)cc1NC(=O)C(C)C. The highest BCUT2D eigenvalue weighted by molar-refractivity contribution is 5.94. The molecule has 3 aromatic rings. The highest BCUT2D eigenvalue weighted by Gasteiger charge is 2.19. The predicted octanol–water partition coefficient (Wildman–Crippen LogP) is 4.15. The van der Waals surface area contributed by atoms with Gasteiger partial charge in [0.1, 0.15) is 11.9 Å². The molecule has 0 aliphatic rings. The van der Waals surface area contributed by atoms with Gasteiger partial charge in [-0.2, -0.15) is 5.10 Å². The molecule has 8 heteroatoms. The molecule has 2 N–H and O–H groups in total. The normalized spacial score (nSPS) is 11.8. The first kappa shape index (κ1) is 22.9. The predicted molar refractivity (Wildman–Crippen MR) is 122 cm³/mol. The van der Waals surface area contributed by atoms with Gasteiger partial charge in [-0.25, -0.2) is 9.07 Å². The number of carbonyl (C=O) groups excluding carboxylic acids is 2. The summed E-state index contributed by atoms with van der Waals surface area (Å²) >= 11 is 0. The monoisotopic (exact) mass is 436 g/mol. The number of nitrogens with zero attached hydrogens (tertiary/aromatic N) is 2. The molecule has 1 aromatic heterocycles. The molecule has 7 nitrogen and oxygen atoms in total. The summed E-state index contributed by atoms with van der Waals surface area (Å²) in [5.74, 6) is -1.14. The summed E-state index contributed by atoms with van der Waals surface area (Å²) in [6.07, 6.45) is 0. The van der Waals surface area contributed by atoms with Crippen LogP contribution in [0.5, 0.6) is 0 Å². The van der Waals surface area contributed by atoms with E-state index in [9.17, 15) is 18.8 Å². The minimum absolute atomic E-state index is 0.103. The van der Waals surface area contributed by atoms with E-state index < -0.39 is 23.3 Å². The summed E-state index contributed by atoms with van der Waals surface area (Å²) in [5, 5.41) is 9.92. The quantitative estimate of drug-likeness (QED) is 0.607. The number of carbonyl (C=O) groups is 2. The van der Waals surface area contributed by atoms with E-state index in [2.05, 4.69) is 15.7 Å². The van der Waals surface area contributed by atoms with E-state index in [-0.39, 0.29) is 11.8 Å². The van der Waals surface area contributed by atoms with Crippen LogP contribution in [-0.2, 0) is 9.59 Å². The fraction of sp³-hybridized carbons (Fsp3) is 0.250. The minimum atomic E-state index is -0.905. The van der Waals surface area contributed by atoms with Crippen molar-refractivity contribution in [2.45, 2.75) is 33.7 Å². The summed E-state index contributed by atoms with van der Waals surface area (Å²) in [6, 6.07) is 12.8. The number of amides is 2. The van der Waals surface area contributed by atoms with E-state index in [1.807, 2.05) is 32.9 Å². The number of aromatic nitrogens is 2. The van der Waals surface area contributed by atoms with Gasteiger partial charge < -0.3 is 10.6 Å². The summed E-state index contributed by atoms with van der Waals surface area (Å²) < 4.78 is 14.2. The van der Waals surface area contributed by atoms with Crippen molar-refractivity contribution in [3.63, 3.8) is 0 Å². The van der Waals surface area contributed by atoms with Gasteiger partial charge in [0.25, 0.3) is 5.56 Å². The first-order valence-electron chi connectivity index (χ1n) is 10.2. The number of aryl methyl sites for hydroxylation is 1. The van der Waals surface area contributed by atoms with Gasteiger partial charge in [-0.15, -0.1) is 0 Å². The fourth-order valence-electron chi connectivity index (χ4n) is 2.94. The average molecular weight is 436 g/mol. The van der Waals surface area contributed by atoms with Crippen LogP contribution >= 0.6 is 0 Å². The second-order valence-electron chi connectivity index (χ2n) is 7.85. The van der Waals surface area contributed by atoms with Gasteiger partial charge in [0.2, 0.25) is 11.8 Å². The Morgan fingerprint density at radius 2 is 1.62 bits per heavy atom. The lowest BCUT2D eigenvalue weighted by Gasteiger charge is -2.16. The van der Waals surface area contributed by atoms with E-state index in [4.69, 9.17) is 0 Å². The van der Waals surface area contributed by atoms with Crippen molar-refractivity contribution in [3.05, 3.63) is 76.3 Å². The van der Waals surface area contributed by atoms with E-state index in [0.717, 1.165) is 10.2 Å². The molecule has 166 valence electrons. The van der Waals surface area contributed by atoms with Gasteiger partial charge >= 0.3 is 0 Å². The zero-order valence-electron chi connectivity index (χ0n) is 18.3. The number of halogens is 1. The molecule has 3 rings (SSSR count). The molecule has 0 aliphatic heterocycles. The maximum atomic E-state index is 13.1. The molecule has 0 bridgehead atoms. The van der Waals surface area contributed by atoms with Crippen molar-refractivity contribution < 1.29 is 14.0 Å². The molecular formula is C24H25FN4O3. The van der Waals surface area contributed by atoms with Crippen LogP contribution in [0.4, 0.5) is 15.8 Å². The van der Waals surface area contributed by atoms with Crippen LogP contribution in [0.3, 0.4) is 0 Å². The Morgan fingerprint density at radius 3 is 2.28 bits per heavy atom. The Morgan fingerprint density at radius 1 is 0.938 bits per heavy atom. The van der Waals surface area contributed by atoms with Gasteiger partial charge in [-0.3, -0.25) is 14.4 Å². The molecule has 1 heterocycles. The molecular weight excluding hydrogens is 411 g/mol. The van der Waals surface area contributed by atoms with E-state index >= 15 is 0 Å². The van der Waals surface area contributed by atoms with Crippen LogP contribution in [0.1, 0.15) is 32.4 Å². The smallest absolute Gasteiger partial charge is 0.267 e. The largest absolute Gasteiger partial charge is 0.326 e. The average Bonchev–Trinajstić information content (AvgIpc) is 2.76. The van der Waals surface area contributed by atoms with Crippen LogP contribution in [0.2, 0.25) is 0 Å². The Labute approximate surface area is 185 Å². The molecule has 0 radical (unpaired) electrons. The van der Waals surface area contributed by atoms with Gasteiger partial charge in [-0.1, -0.05) is 26.0 Å². The first-order valence-corrected chi connectivity index (χ1v) is 10.2. The van der Waals surface area contributed by atoms with Crippen molar-refractivity contribution in [2.24, 2.45) is 5.92 Å². The highest BCUT2D eigenvalue weighted by Crippen LogP contribution is 2.24. The third-order valence-corrected chi connectivity index (χ3v) is 5.00. The molecule has 2 amide bonds. The van der Waals surface area contributed by atoms with E-state index in [0.29, 0.717) is 22.6 Å². The van der Waals surface area contributed by atoms with Gasteiger partial charge in [0.05, 0.1) is 5.69 Å². The first-order chi connectivity index (χ1) is 15.2. The summed E-state index contributed by atoms with van der Waals surface area (Å²) in [7, 11) is 0. The highest BCUT2D eigenvalue weighted by atomic mass is 19.1. The zero-order valence-corrected chi connectivity index (χ0v) is 18.3. The fourth-order valence-corrected chi connectivity index (χ4v) is 2.94. The Kier molecular flexibility index (Phi) is 6.82.